The number of rotatable bonds is 7. The molecule has 5 nitrogen and oxygen atoms in total. The SMILES string of the molecule is COc1cc(/C=C2/SC(=O)N(Cc3ccc(F)cc3)C2=O)ccc1OCc1ccccc1F. The minimum absolute atomic E-state index is 0.0324. The lowest BCUT2D eigenvalue weighted by Crippen LogP contribution is -2.27. The molecular formula is C25H19F2NO4S. The van der Waals surface area contributed by atoms with Gasteiger partial charge in [-0.3, -0.25) is 14.5 Å². The summed E-state index contributed by atoms with van der Waals surface area (Å²) >= 11 is 0.837. The number of carbonyl (C=O) groups excluding carboxylic acids is 2. The van der Waals surface area contributed by atoms with Crippen LogP contribution in [0.1, 0.15) is 16.7 Å². The van der Waals surface area contributed by atoms with Crippen LogP contribution in [0.4, 0.5) is 13.6 Å². The molecular weight excluding hydrogens is 448 g/mol. The Balaban J connectivity index is 1.49. The lowest BCUT2D eigenvalue weighted by atomic mass is 10.1. The number of methoxy groups -OCH3 is 1. The van der Waals surface area contributed by atoms with Crippen molar-refractivity contribution in [3.63, 3.8) is 0 Å². The van der Waals surface area contributed by atoms with Gasteiger partial charge in [-0.1, -0.05) is 36.4 Å². The van der Waals surface area contributed by atoms with Crippen molar-refractivity contribution in [2.45, 2.75) is 13.2 Å². The van der Waals surface area contributed by atoms with Crippen LogP contribution >= 0.6 is 11.8 Å². The molecule has 0 radical (unpaired) electrons. The standard InChI is InChI=1S/C25H19F2NO4S/c1-31-22-12-17(8-11-21(22)32-15-18-4-2-3-5-20(18)27)13-23-24(29)28(25(30)33-23)14-16-6-9-19(26)10-7-16/h2-13H,14-15H2,1H3/b23-13+. The number of amides is 2. The molecule has 0 atom stereocenters. The third-order valence-electron chi connectivity index (χ3n) is 4.95. The van der Waals surface area contributed by atoms with E-state index in [1.54, 1.807) is 42.5 Å². The van der Waals surface area contributed by atoms with Gasteiger partial charge in [0.15, 0.2) is 11.5 Å². The van der Waals surface area contributed by atoms with Gasteiger partial charge < -0.3 is 9.47 Å². The van der Waals surface area contributed by atoms with Crippen molar-refractivity contribution in [1.82, 2.24) is 4.90 Å². The Morgan fingerprint density at radius 3 is 2.45 bits per heavy atom. The molecule has 1 fully saturated rings. The average molecular weight is 467 g/mol. The second kappa shape index (κ2) is 9.87. The van der Waals surface area contributed by atoms with Crippen LogP contribution in [0.3, 0.4) is 0 Å². The van der Waals surface area contributed by atoms with E-state index in [0.29, 0.717) is 28.2 Å². The third kappa shape index (κ3) is 5.23. The highest BCUT2D eigenvalue weighted by Gasteiger charge is 2.35. The topological polar surface area (TPSA) is 55.8 Å². The molecule has 0 saturated carbocycles. The van der Waals surface area contributed by atoms with E-state index in [9.17, 15) is 18.4 Å². The van der Waals surface area contributed by atoms with Crippen molar-refractivity contribution >= 4 is 29.0 Å². The van der Waals surface area contributed by atoms with Gasteiger partial charge in [0.1, 0.15) is 18.2 Å². The molecule has 4 rings (SSSR count). The molecule has 0 aliphatic carbocycles. The maximum absolute atomic E-state index is 13.8. The molecule has 0 unspecified atom stereocenters. The predicted octanol–water partition coefficient (Wildman–Crippen LogP) is 5.79. The summed E-state index contributed by atoms with van der Waals surface area (Å²) in [5, 5.41) is -0.396. The lowest BCUT2D eigenvalue weighted by Gasteiger charge is -2.12. The smallest absolute Gasteiger partial charge is 0.293 e. The molecule has 8 heteroatoms. The number of hydrogen-bond donors (Lipinski definition) is 0. The van der Waals surface area contributed by atoms with Gasteiger partial charge in [0.25, 0.3) is 11.1 Å². The van der Waals surface area contributed by atoms with Crippen LogP contribution in [-0.4, -0.2) is 23.2 Å². The molecule has 0 aromatic heterocycles. The molecule has 3 aromatic carbocycles. The first-order chi connectivity index (χ1) is 15.9. The van der Waals surface area contributed by atoms with Gasteiger partial charge in [0.2, 0.25) is 0 Å². The van der Waals surface area contributed by atoms with Crippen molar-refractivity contribution in [3.05, 3.63) is 100.0 Å². The van der Waals surface area contributed by atoms with E-state index in [0.717, 1.165) is 16.7 Å². The normalized spacial score (nSPS) is 14.8. The highest BCUT2D eigenvalue weighted by molar-refractivity contribution is 8.18. The Bertz CT molecular complexity index is 1230. The van der Waals surface area contributed by atoms with Crippen molar-refractivity contribution in [2.24, 2.45) is 0 Å². The van der Waals surface area contributed by atoms with Crippen LogP contribution in [0.5, 0.6) is 11.5 Å². The monoisotopic (exact) mass is 467 g/mol. The van der Waals surface area contributed by atoms with Gasteiger partial charge in [0, 0.05) is 5.56 Å². The van der Waals surface area contributed by atoms with Gasteiger partial charge in [0.05, 0.1) is 18.6 Å². The zero-order valence-electron chi connectivity index (χ0n) is 17.6. The van der Waals surface area contributed by atoms with Crippen LogP contribution in [-0.2, 0) is 17.9 Å². The number of nitrogens with zero attached hydrogens (tertiary/aromatic N) is 1. The Morgan fingerprint density at radius 1 is 0.970 bits per heavy atom. The zero-order valence-corrected chi connectivity index (χ0v) is 18.4. The lowest BCUT2D eigenvalue weighted by molar-refractivity contribution is -0.123. The summed E-state index contributed by atoms with van der Waals surface area (Å²) in [5.74, 6) is -0.339. The third-order valence-corrected chi connectivity index (χ3v) is 5.86. The zero-order chi connectivity index (χ0) is 23.4. The maximum atomic E-state index is 13.8. The molecule has 1 aliphatic heterocycles. The fourth-order valence-corrected chi connectivity index (χ4v) is 4.06. The second-order valence-electron chi connectivity index (χ2n) is 7.18. The first-order valence-electron chi connectivity index (χ1n) is 9.98. The Hall–Kier alpha value is -3.65. The summed E-state index contributed by atoms with van der Waals surface area (Å²) in [4.78, 5) is 26.5. The van der Waals surface area contributed by atoms with Crippen molar-refractivity contribution in [1.29, 1.82) is 0 Å². The van der Waals surface area contributed by atoms with Gasteiger partial charge in [-0.05, 0) is 59.3 Å². The Kier molecular flexibility index (Phi) is 6.74. The fraction of sp³-hybridized carbons (Fsp3) is 0.120. The van der Waals surface area contributed by atoms with Crippen molar-refractivity contribution in [2.75, 3.05) is 7.11 Å². The van der Waals surface area contributed by atoms with E-state index < -0.39 is 11.1 Å². The number of halogens is 2. The first-order valence-corrected chi connectivity index (χ1v) is 10.8. The van der Waals surface area contributed by atoms with Gasteiger partial charge in [-0.25, -0.2) is 8.78 Å². The van der Waals surface area contributed by atoms with Crippen LogP contribution in [0.15, 0.2) is 71.6 Å². The fourth-order valence-electron chi connectivity index (χ4n) is 3.22. The highest BCUT2D eigenvalue weighted by Crippen LogP contribution is 2.35. The number of ether oxygens (including phenoxy) is 2. The van der Waals surface area contributed by atoms with Crippen molar-refractivity contribution < 1.29 is 27.8 Å². The highest BCUT2D eigenvalue weighted by atomic mass is 32.2. The Labute approximate surface area is 193 Å². The number of thioether (sulfide) groups is 1. The average Bonchev–Trinajstić information content (AvgIpc) is 3.07. The Morgan fingerprint density at radius 2 is 1.73 bits per heavy atom. The number of imide groups is 1. The van der Waals surface area contributed by atoms with Crippen molar-refractivity contribution in [3.8, 4) is 11.5 Å². The van der Waals surface area contributed by atoms with Crippen LogP contribution in [0.2, 0.25) is 0 Å². The molecule has 1 heterocycles. The summed E-state index contributed by atoms with van der Waals surface area (Å²) in [6.07, 6.45) is 1.60. The van der Waals surface area contributed by atoms with Crippen LogP contribution in [0, 0.1) is 11.6 Å². The molecule has 2 amide bonds. The molecule has 168 valence electrons. The largest absolute Gasteiger partial charge is 0.493 e. The van der Waals surface area contributed by atoms with Gasteiger partial charge in [-0.15, -0.1) is 0 Å². The van der Waals surface area contributed by atoms with Crippen LogP contribution < -0.4 is 9.47 Å². The molecule has 0 bridgehead atoms. The maximum Gasteiger partial charge on any atom is 0.293 e. The molecule has 3 aromatic rings. The number of hydrogen-bond acceptors (Lipinski definition) is 5. The molecule has 0 spiro atoms. The minimum Gasteiger partial charge on any atom is -0.493 e. The molecule has 33 heavy (non-hydrogen) atoms. The minimum atomic E-state index is -0.423. The van der Waals surface area contributed by atoms with E-state index in [1.807, 2.05) is 0 Å². The summed E-state index contributed by atoms with van der Waals surface area (Å²) in [6, 6.07) is 17.0. The van der Waals surface area contributed by atoms with Crippen LogP contribution in [0.25, 0.3) is 6.08 Å². The van der Waals surface area contributed by atoms with Gasteiger partial charge in [-0.2, -0.15) is 0 Å². The summed E-state index contributed by atoms with van der Waals surface area (Å²) in [6.45, 7) is 0.0963. The molecule has 1 aliphatic rings. The number of benzene rings is 3. The summed E-state index contributed by atoms with van der Waals surface area (Å²) in [7, 11) is 1.48. The first kappa shape index (κ1) is 22.5. The molecule has 1 saturated heterocycles. The quantitative estimate of drug-likeness (QED) is 0.412. The predicted molar refractivity (Wildman–Crippen MR) is 122 cm³/mol. The molecule has 0 N–H and O–H groups in total. The van der Waals surface area contributed by atoms with Gasteiger partial charge >= 0.3 is 0 Å². The number of carbonyl (C=O) groups is 2. The summed E-state index contributed by atoms with van der Waals surface area (Å²) in [5.41, 5.74) is 1.70. The van der Waals surface area contributed by atoms with E-state index in [1.165, 1.54) is 37.4 Å². The van der Waals surface area contributed by atoms with E-state index in [2.05, 4.69) is 0 Å². The van der Waals surface area contributed by atoms with E-state index in [-0.39, 0.29) is 29.7 Å². The van der Waals surface area contributed by atoms with E-state index in [4.69, 9.17) is 9.47 Å². The van der Waals surface area contributed by atoms with E-state index >= 15 is 0 Å². The summed E-state index contributed by atoms with van der Waals surface area (Å²) < 4.78 is 38.0. The second-order valence-corrected chi connectivity index (χ2v) is 8.18.